The highest BCUT2D eigenvalue weighted by Crippen LogP contribution is 2.48. The number of ether oxygens (including phenoxy) is 2. The van der Waals surface area contributed by atoms with Gasteiger partial charge in [-0.25, -0.2) is 0 Å². The lowest BCUT2D eigenvalue weighted by Crippen LogP contribution is -1.95. The number of aryl methyl sites for hydroxylation is 1. The average Bonchev–Trinajstić information content (AvgIpc) is 2.74. The Bertz CT molecular complexity index is 1100. The highest BCUT2D eigenvalue weighted by molar-refractivity contribution is 7.80. The van der Waals surface area contributed by atoms with E-state index < -0.39 is 0 Å². The first-order valence-corrected chi connectivity index (χ1v) is 9.81. The van der Waals surface area contributed by atoms with Crippen molar-refractivity contribution < 1.29 is 28.1 Å². The Hall–Kier alpha value is -2.49. The summed E-state index contributed by atoms with van der Waals surface area (Å²) in [6.07, 6.45) is 0. The monoisotopic (exact) mass is 464 g/mol. The molecule has 3 aromatic rings. The fourth-order valence-corrected chi connectivity index (χ4v) is 3.76. The van der Waals surface area contributed by atoms with Crippen LogP contribution in [-0.4, -0.2) is 24.4 Å². The molecule has 2 N–H and O–H groups in total. The van der Waals surface area contributed by atoms with Gasteiger partial charge in [0, 0.05) is 59.0 Å². The van der Waals surface area contributed by atoms with E-state index in [0.29, 0.717) is 50.0 Å². The minimum Gasteiger partial charge on any atom is -0.507 e. The maximum absolute atomic E-state index is 10.7. The summed E-state index contributed by atoms with van der Waals surface area (Å²) in [6.45, 7) is 1.78. The Morgan fingerprint density at radius 3 is 1.90 bits per heavy atom. The second-order valence-electron chi connectivity index (χ2n) is 6.41. The van der Waals surface area contributed by atoms with Crippen LogP contribution in [0.15, 0.2) is 41.3 Å². The van der Waals surface area contributed by atoms with Gasteiger partial charge in [-0.1, -0.05) is 0 Å². The van der Waals surface area contributed by atoms with Crippen LogP contribution >= 0.6 is 38.4 Å². The van der Waals surface area contributed by atoms with Gasteiger partial charge in [0.1, 0.15) is 23.0 Å². The topological polar surface area (TPSA) is 77.4 Å². The summed E-state index contributed by atoms with van der Waals surface area (Å²) in [6, 6.07) is 9.79. The summed E-state index contributed by atoms with van der Waals surface area (Å²) >= 11 is 12.2. The van der Waals surface area contributed by atoms with Crippen molar-refractivity contribution in [3.05, 3.63) is 42.0 Å². The number of benzene rings is 3. The molecule has 0 amide bonds. The molecule has 0 aliphatic heterocycles. The van der Waals surface area contributed by atoms with Gasteiger partial charge in [0.25, 0.3) is 0 Å². The number of phenolic OH excluding ortho intramolecular Hbond substituents is 2. The summed E-state index contributed by atoms with van der Waals surface area (Å²) in [7, 11) is 2.95. The Balaban J connectivity index is 2.35. The molecule has 0 saturated carbocycles. The number of thiol groups is 3. The molecule has 0 aliphatic rings. The predicted molar refractivity (Wildman–Crippen MR) is 125 cm³/mol. The highest BCUT2D eigenvalue weighted by atomic mass is 32.1. The van der Waals surface area contributed by atoms with Crippen LogP contribution in [0, 0.1) is 6.92 Å². The van der Waals surface area contributed by atoms with E-state index in [-0.39, 0.29) is 17.2 Å². The van der Waals surface area contributed by atoms with Gasteiger partial charge in [0.2, 0.25) is 0 Å². The summed E-state index contributed by atoms with van der Waals surface area (Å²) < 4.78 is 21.1. The molecule has 0 atom stereocenters. The molecule has 0 heterocycles. The van der Waals surface area contributed by atoms with E-state index in [4.69, 9.17) is 17.8 Å². The lowest BCUT2D eigenvalue weighted by Gasteiger charge is -2.18. The van der Waals surface area contributed by atoms with Crippen molar-refractivity contribution in [2.75, 3.05) is 14.2 Å². The standard InChI is InChI=1S/C21H20O6S3/c1-10-4-16(22)12(8-17(10)26-29)13-7-14(18(24-2)9-19(13)27-30)15-5-11(28)6-20(25-3)21(15)23/h4-9,22-23,28-30H,1-3H3. The zero-order valence-corrected chi connectivity index (χ0v) is 19.0. The van der Waals surface area contributed by atoms with Crippen molar-refractivity contribution in [1.29, 1.82) is 0 Å². The lowest BCUT2D eigenvalue weighted by molar-refractivity contribution is 0.373. The third-order valence-electron chi connectivity index (χ3n) is 4.65. The first kappa shape index (κ1) is 22.2. The summed E-state index contributed by atoms with van der Waals surface area (Å²) in [5.74, 6) is 1.41. The molecule has 6 nitrogen and oxygen atoms in total. The molecule has 3 rings (SSSR count). The average molecular weight is 465 g/mol. The van der Waals surface area contributed by atoms with E-state index in [0.717, 1.165) is 0 Å². The van der Waals surface area contributed by atoms with Crippen molar-refractivity contribution in [1.82, 2.24) is 0 Å². The van der Waals surface area contributed by atoms with Crippen LogP contribution in [0.1, 0.15) is 5.56 Å². The Kier molecular flexibility index (Phi) is 6.74. The van der Waals surface area contributed by atoms with Crippen LogP contribution in [0.3, 0.4) is 0 Å². The van der Waals surface area contributed by atoms with Gasteiger partial charge in [-0.2, -0.15) is 0 Å². The molecule has 0 spiro atoms. The maximum atomic E-state index is 10.7. The van der Waals surface area contributed by atoms with E-state index >= 15 is 0 Å². The van der Waals surface area contributed by atoms with Crippen molar-refractivity contribution in [2.45, 2.75) is 11.8 Å². The number of phenols is 2. The quantitative estimate of drug-likeness (QED) is 0.245. The lowest BCUT2D eigenvalue weighted by atomic mass is 9.95. The van der Waals surface area contributed by atoms with Gasteiger partial charge >= 0.3 is 0 Å². The van der Waals surface area contributed by atoms with Crippen molar-refractivity contribution in [2.24, 2.45) is 0 Å². The first-order chi connectivity index (χ1) is 14.3. The third kappa shape index (κ3) is 4.05. The minimum atomic E-state index is -0.0772. The van der Waals surface area contributed by atoms with Crippen molar-refractivity contribution in [3.8, 4) is 56.8 Å². The largest absolute Gasteiger partial charge is 0.507 e. The molecule has 9 heteroatoms. The SMILES string of the molecule is COc1cc(OS)c(-c2cc(OS)c(C)cc2O)cc1-c1cc(S)cc(OC)c1O. The van der Waals surface area contributed by atoms with E-state index in [1.165, 1.54) is 14.2 Å². The Morgan fingerprint density at radius 1 is 0.667 bits per heavy atom. The molecule has 0 saturated heterocycles. The second-order valence-corrected chi connectivity index (χ2v) is 7.29. The summed E-state index contributed by atoms with van der Waals surface area (Å²) in [4.78, 5) is 0.585. The van der Waals surface area contributed by atoms with Gasteiger partial charge in [-0.3, -0.25) is 0 Å². The van der Waals surface area contributed by atoms with Gasteiger partial charge in [-0.05, 0) is 42.8 Å². The zero-order valence-electron chi connectivity index (χ0n) is 16.3. The third-order valence-corrected chi connectivity index (χ3v) is 5.30. The highest BCUT2D eigenvalue weighted by Gasteiger charge is 2.21. The molecular weight excluding hydrogens is 444 g/mol. The molecular formula is C21H20O6S3. The van der Waals surface area contributed by atoms with Crippen LogP contribution in [0.4, 0.5) is 0 Å². The summed E-state index contributed by atoms with van der Waals surface area (Å²) in [5.41, 5.74) is 2.58. The van der Waals surface area contributed by atoms with Crippen LogP contribution in [0.5, 0.6) is 34.5 Å². The fraction of sp³-hybridized carbons (Fsp3) is 0.143. The molecule has 0 fully saturated rings. The Morgan fingerprint density at radius 2 is 1.30 bits per heavy atom. The van der Waals surface area contributed by atoms with Crippen molar-refractivity contribution >= 4 is 38.4 Å². The number of hydrogen-bond acceptors (Lipinski definition) is 9. The van der Waals surface area contributed by atoms with E-state index in [1.54, 1.807) is 43.3 Å². The Labute approximate surface area is 191 Å². The zero-order chi connectivity index (χ0) is 22.0. The van der Waals surface area contributed by atoms with Crippen LogP contribution in [0.25, 0.3) is 22.3 Å². The number of hydrogen-bond donors (Lipinski definition) is 5. The van der Waals surface area contributed by atoms with E-state index in [2.05, 4.69) is 38.4 Å². The fourth-order valence-electron chi connectivity index (χ4n) is 3.17. The van der Waals surface area contributed by atoms with E-state index in [9.17, 15) is 10.2 Å². The van der Waals surface area contributed by atoms with Crippen molar-refractivity contribution in [3.63, 3.8) is 0 Å². The number of aromatic hydroxyl groups is 2. The number of rotatable bonds is 6. The molecule has 0 radical (unpaired) electrons. The molecule has 30 heavy (non-hydrogen) atoms. The van der Waals surface area contributed by atoms with E-state index in [1.807, 2.05) is 0 Å². The molecule has 0 aromatic heterocycles. The normalized spacial score (nSPS) is 10.6. The second kappa shape index (κ2) is 9.11. The van der Waals surface area contributed by atoms with Gasteiger partial charge < -0.3 is 28.1 Å². The summed E-state index contributed by atoms with van der Waals surface area (Å²) in [5, 5.41) is 21.3. The van der Waals surface area contributed by atoms with Crippen LogP contribution in [-0.2, 0) is 0 Å². The van der Waals surface area contributed by atoms with Gasteiger partial charge in [0.15, 0.2) is 11.5 Å². The van der Waals surface area contributed by atoms with Crippen LogP contribution < -0.4 is 17.8 Å². The molecule has 0 bridgehead atoms. The maximum Gasteiger partial charge on any atom is 0.165 e. The first-order valence-electron chi connectivity index (χ1n) is 8.63. The molecule has 0 unspecified atom stereocenters. The van der Waals surface area contributed by atoms with Gasteiger partial charge in [0.05, 0.1) is 14.2 Å². The van der Waals surface area contributed by atoms with Gasteiger partial charge in [-0.15, -0.1) is 12.6 Å². The number of methoxy groups -OCH3 is 2. The molecule has 3 aromatic carbocycles. The molecule has 0 aliphatic carbocycles. The smallest absolute Gasteiger partial charge is 0.165 e. The molecule has 158 valence electrons. The van der Waals surface area contributed by atoms with Crippen LogP contribution in [0.2, 0.25) is 0 Å². The predicted octanol–water partition coefficient (Wildman–Crippen LogP) is 5.49. The minimum absolute atomic E-state index is 0.00846.